The van der Waals surface area contributed by atoms with E-state index in [1.54, 1.807) is 13.2 Å². The summed E-state index contributed by atoms with van der Waals surface area (Å²) in [5.74, 6) is 0.665. The number of nitrogens with one attached hydrogen (secondary N) is 2. The number of rotatable bonds is 8. The summed E-state index contributed by atoms with van der Waals surface area (Å²) < 4.78 is 1.91. The van der Waals surface area contributed by atoms with Crippen LogP contribution in [0.4, 0.5) is 0 Å². The molecule has 0 spiro atoms. The Balaban J connectivity index is 1.64. The van der Waals surface area contributed by atoms with Crippen molar-refractivity contribution in [3.05, 3.63) is 89.2 Å². The third kappa shape index (κ3) is 5.82. The molecule has 7 heteroatoms. The van der Waals surface area contributed by atoms with E-state index in [1.807, 2.05) is 71.5 Å². The van der Waals surface area contributed by atoms with Crippen molar-refractivity contribution in [2.45, 2.75) is 12.0 Å². The van der Waals surface area contributed by atoms with Crippen molar-refractivity contribution < 1.29 is 5.11 Å². The molecule has 0 aliphatic heterocycles. The van der Waals surface area contributed by atoms with Gasteiger partial charge < -0.3 is 15.7 Å². The van der Waals surface area contributed by atoms with E-state index in [9.17, 15) is 5.11 Å². The average Bonchev–Trinajstić information content (AvgIpc) is 3.29. The zero-order valence-electron chi connectivity index (χ0n) is 16.4. The minimum absolute atomic E-state index is 0.00655. The van der Waals surface area contributed by atoms with Crippen LogP contribution in [0.1, 0.15) is 23.1 Å². The highest BCUT2D eigenvalue weighted by Gasteiger charge is 2.16. The Labute approximate surface area is 176 Å². The monoisotopic (exact) mass is 411 g/mol. The molecule has 3 aromatic rings. The summed E-state index contributed by atoms with van der Waals surface area (Å²) in [7, 11) is 1.73. The van der Waals surface area contributed by atoms with Crippen LogP contribution in [0.25, 0.3) is 0 Å². The number of aliphatic hydroxyl groups excluding tert-OH is 1. The minimum Gasteiger partial charge on any atom is -0.396 e. The van der Waals surface area contributed by atoms with E-state index in [2.05, 4.69) is 20.7 Å². The molecular formula is C22H26ClN5O. The fraction of sp³-hybridized carbons (Fsp3) is 0.273. The van der Waals surface area contributed by atoms with Crippen molar-refractivity contribution in [1.29, 1.82) is 0 Å². The largest absolute Gasteiger partial charge is 0.396 e. The fourth-order valence-corrected chi connectivity index (χ4v) is 3.29. The van der Waals surface area contributed by atoms with Gasteiger partial charge in [-0.2, -0.15) is 5.10 Å². The second kappa shape index (κ2) is 10.6. The average molecular weight is 412 g/mol. The first-order valence-corrected chi connectivity index (χ1v) is 9.94. The zero-order chi connectivity index (χ0) is 20.5. The number of aliphatic imine (C=N–C) groups is 1. The molecule has 1 aromatic heterocycles. The molecule has 6 nitrogen and oxygen atoms in total. The lowest BCUT2D eigenvalue weighted by molar-refractivity contribution is 0.265. The number of benzene rings is 2. The molecule has 0 aliphatic rings. The van der Waals surface area contributed by atoms with Crippen LogP contribution in [0, 0.1) is 0 Å². The van der Waals surface area contributed by atoms with E-state index < -0.39 is 0 Å². The van der Waals surface area contributed by atoms with Crippen molar-refractivity contribution in [2.24, 2.45) is 4.99 Å². The van der Waals surface area contributed by atoms with Crippen LogP contribution >= 0.6 is 11.6 Å². The summed E-state index contributed by atoms with van der Waals surface area (Å²) in [5.41, 5.74) is 2.19. The van der Waals surface area contributed by atoms with Gasteiger partial charge in [-0.3, -0.25) is 9.67 Å². The van der Waals surface area contributed by atoms with Crippen LogP contribution in [-0.4, -0.2) is 47.6 Å². The first kappa shape index (κ1) is 20.9. The molecule has 29 heavy (non-hydrogen) atoms. The Morgan fingerprint density at radius 2 is 1.76 bits per heavy atom. The third-order valence-corrected chi connectivity index (χ3v) is 5.04. The summed E-state index contributed by atoms with van der Waals surface area (Å²) in [6.07, 6.45) is 3.70. The number of hydrogen-bond acceptors (Lipinski definition) is 3. The smallest absolute Gasteiger partial charge is 0.191 e. The molecule has 0 fully saturated rings. The van der Waals surface area contributed by atoms with E-state index in [1.165, 1.54) is 0 Å². The predicted molar refractivity (Wildman–Crippen MR) is 117 cm³/mol. The summed E-state index contributed by atoms with van der Waals surface area (Å²) in [5, 5.41) is 21.5. The molecule has 0 aliphatic carbocycles. The van der Waals surface area contributed by atoms with Crippen LogP contribution < -0.4 is 10.6 Å². The Morgan fingerprint density at radius 1 is 1.03 bits per heavy atom. The molecule has 2 aromatic carbocycles. The summed E-state index contributed by atoms with van der Waals surface area (Å²) in [4.78, 5) is 4.31. The highest BCUT2D eigenvalue weighted by atomic mass is 35.5. The standard InChI is InChI=1S/C22H26ClN5O/c1-24-22(25-14-19(16-29)17-6-3-2-4-7-17)26-15-21(28-13-5-12-27-28)18-8-10-20(23)11-9-18/h2-13,19,21,29H,14-16H2,1H3,(H2,24,25,26). The number of guanidine groups is 1. The van der Waals surface area contributed by atoms with Gasteiger partial charge in [-0.1, -0.05) is 54.1 Å². The van der Waals surface area contributed by atoms with Crippen LogP contribution in [0.3, 0.4) is 0 Å². The maximum atomic E-state index is 9.76. The molecule has 0 saturated carbocycles. The minimum atomic E-state index is -0.0106. The molecule has 3 N–H and O–H groups in total. The highest BCUT2D eigenvalue weighted by molar-refractivity contribution is 6.30. The number of aliphatic hydroxyl groups is 1. The van der Waals surface area contributed by atoms with Crippen LogP contribution in [0.15, 0.2) is 78.0 Å². The lowest BCUT2D eigenvalue weighted by Gasteiger charge is -2.22. The summed E-state index contributed by atoms with van der Waals surface area (Å²) in [6, 6.07) is 19.6. The van der Waals surface area contributed by atoms with Gasteiger partial charge in [-0.05, 0) is 29.3 Å². The molecule has 0 amide bonds. The normalized spacial score (nSPS) is 13.7. The van der Waals surface area contributed by atoms with Crippen molar-refractivity contribution in [2.75, 3.05) is 26.7 Å². The van der Waals surface area contributed by atoms with E-state index >= 15 is 0 Å². The van der Waals surface area contributed by atoms with Crippen molar-refractivity contribution in [1.82, 2.24) is 20.4 Å². The van der Waals surface area contributed by atoms with Crippen LogP contribution in [0.5, 0.6) is 0 Å². The molecular weight excluding hydrogens is 386 g/mol. The molecule has 1 heterocycles. The number of halogens is 1. The molecule has 0 saturated heterocycles. The quantitative estimate of drug-likeness (QED) is 0.393. The van der Waals surface area contributed by atoms with Gasteiger partial charge in [0.25, 0.3) is 0 Å². The van der Waals surface area contributed by atoms with E-state index in [-0.39, 0.29) is 18.6 Å². The van der Waals surface area contributed by atoms with Gasteiger partial charge in [0.1, 0.15) is 0 Å². The summed E-state index contributed by atoms with van der Waals surface area (Å²) in [6.45, 7) is 1.24. The molecule has 2 atom stereocenters. The maximum absolute atomic E-state index is 9.76. The second-order valence-corrected chi connectivity index (χ2v) is 7.11. The van der Waals surface area contributed by atoms with E-state index in [0.717, 1.165) is 11.1 Å². The van der Waals surface area contributed by atoms with Crippen LogP contribution in [0.2, 0.25) is 5.02 Å². The van der Waals surface area contributed by atoms with Crippen LogP contribution in [-0.2, 0) is 0 Å². The number of aromatic nitrogens is 2. The van der Waals surface area contributed by atoms with Crippen molar-refractivity contribution >= 4 is 17.6 Å². The van der Waals surface area contributed by atoms with Gasteiger partial charge in [-0.25, -0.2) is 0 Å². The first-order chi connectivity index (χ1) is 14.2. The lowest BCUT2D eigenvalue weighted by Crippen LogP contribution is -2.42. The van der Waals surface area contributed by atoms with Gasteiger partial charge in [0.15, 0.2) is 5.96 Å². The Hall–Kier alpha value is -2.83. The highest BCUT2D eigenvalue weighted by Crippen LogP contribution is 2.19. The molecule has 2 unspecified atom stereocenters. The SMILES string of the molecule is CN=C(NCC(CO)c1ccccc1)NCC(c1ccc(Cl)cc1)n1cccn1. The van der Waals surface area contributed by atoms with Gasteiger partial charge >= 0.3 is 0 Å². The van der Waals surface area contributed by atoms with Gasteiger partial charge in [0.2, 0.25) is 0 Å². The van der Waals surface area contributed by atoms with E-state index in [0.29, 0.717) is 24.1 Å². The maximum Gasteiger partial charge on any atom is 0.191 e. The summed E-state index contributed by atoms with van der Waals surface area (Å²) >= 11 is 6.04. The van der Waals surface area contributed by atoms with Gasteiger partial charge in [-0.15, -0.1) is 0 Å². The number of nitrogens with zero attached hydrogens (tertiary/aromatic N) is 3. The van der Waals surface area contributed by atoms with Gasteiger partial charge in [0, 0.05) is 43.5 Å². The second-order valence-electron chi connectivity index (χ2n) is 6.68. The topological polar surface area (TPSA) is 74.5 Å². The zero-order valence-corrected chi connectivity index (χ0v) is 17.1. The molecule has 0 radical (unpaired) electrons. The third-order valence-electron chi connectivity index (χ3n) is 4.79. The Kier molecular flexibility index (Phi) is 7.67. The molecule has 0 bridgehead atoms. The predicted octanol–water partition coefficient (Wildman–Crippen LogP) is 3.07. The molecule has 152 valence electrons. The van der Waals surface area contributed by atoms with Crippen molar-refractivity contribution in [3.63, 3.8) is 0 Å². The first-order valence-electron chi connectivity index (χ1n) is 9.56. The lowest BCUT2D eigenvalue weighted by atomic mass is 10.0. The fourth-order valence-electron chi connectivity index (χ4n) is 3.16. The number of hydrogen-bond donors (Lipinski definition) is 3. The van der Waals surface area contributed by atoms with E-state index in [4.69, 9.17) is 11.6 Å². The molecule has 3 rings (SSSR count). The van der Waals surface area contributed by atoms with Gasteiger partial charge in [0.05, 0.1) is 12.6 Å². The Morgan fingerprint density at radius 3 is 2.38 bits per heavy atom. The Bertz CT molecular complexity index is 881. The van der Waals surface area contributed by atoms with Crippen molar-refractivity contribution in [3.8, 4) is 0 Å².